The maximum absolute atomic E-state index is 13.4. The normalized spacial score (nSPS) is 19.4. The second kappa shape index (κ2) is 7.76. The first kappa shape index (κ1) is 21.3. The van der Waals surface area contributed by atoms with E-state index in [-0.39, 0.29) is 22.4 Å². The molecule has 0 aromatic heterocycles. The summed E-state index contributed by atoms with van der Waals surface area (Å²) in [5.74, 6) is -1.34. The van der Waals surface area contributed by atoms with Gasteiger partial charge in [-0.2, -0.15) is 0 Å². The fraction of sp³-hybridized carbons (Fsp3) is 0.300. The van der Waals surface area contributed by atoms with Gasteiger partial charge in [-0.1, -0.05) is 11.6 Å². The van der Waals surface area contributed by atoms with Crippen LogP contribution in [0.15, 0.2) is 47.4 Å². The topological polar surface area (TPSA) is 83.6 Å². The molecule has 0 aliphatic carbocycles. The molecular formula is C20H20ClFN2O4S. The van der Waals surface area contributed by atoms with Crippen LogP contribution in [0.25, 0.3) is 0 Å². The zero-order valence-corrected chi connectivity index (χ0v) is 17.5. The molecule has 2 aromatic rings. The third-order valence-electron chi connectivity index (χ3n) is 5.01. The van der Waals surface area contributed by atoms with Crippen molar-refractivity contribution in [1.82, 2.24) is 5.32 Å². The highest BCUT2D eigenvalue weighted by Crippen LogP contribution is 2.35. The van der Waals surface area contributed by atoms with E-state index in [1.54, 1.807) is 25.1 Å². The molecule has 154 valence electrons. The number of nitrogens with zero attached hydrogens (tertiary/aromatic N) is 1. The van der Waals surface area contributed by atoms with Crippen molar-refractivity contribution in [2.75, 3.05) is 17.7 Å². The van der Waals surface area contributed by atoms with E-state index >= 15 is 0 Å². The summed E-state index contributed by atoms with van der Waals surface area (Å²) in [6.07, 6.45) is 1.41. The average molecular weight is 439 g/mol. The summed E-state index contributed by atoms with van der Waals surface area (Å²) in [6.45, 7) is 1.93. The first-order chi connectivity index (χ1) is 13.5. The van der Waals surface area contributed by atoms with Crippen molar-refractivity contribution in [3.63, 3.8) is 0 Å². The van der Waals surface area contributed by atoms with Gasteiger partial charge in [0, 0.05) is 30.1 Å². The molecule has 1 heterocycles. The molecular weight excluding hydrogens is 419 g/mol. The Morgan fingerprint density at radius 3 is 2.48 bits per heavy atom. The van der Waals surface area contributed by atoms with E-state index in [1.807, 2.05) is 0 Å². The van der Waals surface area contributed by atoms with Crippen LogP contribution < -0.4 is 10.2 Å². The van der Waals surface area contributed by atoms with Crippen molar-refractivity contribution in [3.8, 4) is 0 Å². The third kappa shape index (κ3) is 4.43. The van der Waals surface area contributed by atoms with Crippen LogP contribution in [0.4, 0.5) is 10.1 Å². The van der Waals surface area contributed by atoms with Gasteiger partial charge in [-0.05, 0) is 61.4 Å². The highest BCUT2D eigenvalue weighted by molar-refractivity contribution is 7.90. The van der Waals surface area contributed by atoms with Crippen molar-refractivity contribution in [2.45, 2.75) is 24.8 Å². The molecule has 1 fully saturated rings. The molecule has 2 amide bonds. The Bertz CT molecular complexity index is 1050. The number of hydrogen-bond donors (Lipinski definition) is 1. The van der Waals surface area contributed by atoms with Crippen molar-refractivity contribution >= 4 is 38.9 Å². The van der Waals surface area contributed by atoms with Gasteiger partial charge in [0.05, 0.1) is 4.90 Å². The smallest absolute Gasteiger partial charge is 0.242 e. The first-order valence-electron chi connectivity index (χ1n) is 8.86. The standard InChI is InChI=1S/C20H20ClFN2O4S/c1-20(18(25)23-12-13-9-14(21)11-15(22)10-13)7-8-24(19(20)26)16-3-5-17(6-4-16)29(2,27)28/h3-6,9-11H,7-8,12H2,1-2H3,(H,23,25)/t20-/m0/s1. The lowest BCUT2D eigenvalue weighted by Gasteiger charge is -2.23. The number of halogens is 2. The number of carbonyl (C=O) groups excluding carboxylic acids is 2. The summed E-state index contributed by atoms with van der Waals surface area (Å²) in [4.78, 5) is 27.3. The molecule has 1 aliphatic heterocycles. The van der Waals surface area contributed by atoms with E-state index in [9.17, 15) is 22.4 Å². The van der Waals surface area contributed by atoms with Crippen molar-refractivity contribution in [1.29, 1.82) is 0 Å². The zero-order valence-electron chi connectivity index (χ0n) is 15.9. The molecule has 1 N–H and O–H groups in total. The van der Waals surface area contributed by atoms with Crippen LogP contribution in [-0.2, 0) is 26.0 Å². The van der Waals surface area contributed by atoms with Crippen LogP contribution in [-0.4, -0.2) is 33.0 Å². The lowest BCUT2D eigenvalue weighted by Crippen LogP contribution is -2.44. The van der Waals surface area contributed by atoms with E-state index in [0.29, 0.717) is 24.2 Å². The fourth-order valence-corrected chi connectivity index (χ4v) is 4.14. The second-order valence-electron chi connectivity index (χ2n) is 7.27. The molecule has 1 atom stereocenters. The predicted octanol–water partition coefficient (Wildman–Crippen LogP) is 2.94. The minimum atomic E-state index is -3.34. The largest absolute Gasteiger partial charge is 0.351 e. The Balaban J connectivity index is 1.72. The lowest BCUT2D eigenvalue weighted by atomic mass is 9.87. The summed E-state index contributed by atoms with van der Waals surface area (Å²) in [5.41, 5.74) is -0.256. The van der Waals surface area contributed by atoms with Crippen LogP contribution >= 0.6 is 11.6 Å². The van der Waals surface area contributed by atoms with Crippen LogP contribution in [0.1, 0.15) is 18.9 Å². The molecule has 9 heteroatoms. The molecule has 0 spiro atoms. The van der Waals surface area contributed by atoms with E-state index < -0.39 is 27.0 Å². The van der Waals surface area contributed by atoms with E-state index in [2.05, 4.69) is 5.32 Å². The number of nitrogens with one attached hydrogen (secondary N) is 1. The Morgan fingerprint density at radius 1 is 1.24 bits per heavy atom. The molecule has 1 aliphatic rings. The van der Waals surface area contributed by atoms with Gasteiger partial charge in [0.1, 0.15) is 11.2 Å². The Hall–Kier alpha value is -2.45. The second-order valence-corrected chi connectivity index (χ2v) is 9.72. The maximum atomic E-state index is 13.4. The first-order valence-corrected chi connectivity index (χ1v) is 11.1. The Morgan fingerprint density at radius 2 is 1.90 bits per heavy atom. The van der Waals surface area contributed by atoms with Gasteiger partial charge in [-0.3, -0.25) is 9.59 Å². The quantitative estimate of drug-likeness (QED) is 0.727. The van der Waals surface area contributed by atoms with E-state index in [4.69, 9.17) is 11.6 Å². The summed E-state index contributed by atoms with van der Waals surface area (Å²) < 4.78 is 36.6. The van der Waals surface area contributed by atoms with Gasteiger partial charge in [0.2, 0.25) is 11.8 Å². The molecule has 0 saturated carbocycles. The lowest BCUT2D eigenvalue weighted by molar-refractivity contribution is -0.138. The molecule has 0 unspecified atom stereocenters. The zero-order chi connectivity index (χ0) is 21.4. The van der Waals surface area contributed by atoms with Gasteiger partial charge >= 0.3 is 0 Å². The number of rotatable bonds is 5. The summed E-state index contributed by atoms with van der Waals surface area (Å²) >= 11 is 5.82. The number of carbonyl (C=O) groups is 2. The Kier molecular flexibility index (Phi) is 5.69. The number of anilines is 1. The van der Waals surface area contributed by atoms with Crippen molar-refractivity contribution < 1.29 is 22.4 Å². The molecule has 6 nitrogen and oxygen atoms in total. The number of amides is 2. The number of hydrogen-bond acceptors (Lipinski definition) is 4. The number of benzene rings is 2. The van der Waals surface area contributed by atoms with Gasteiger partial charge in [0.15, 0.2) is 9.84 Å². The minimum absolute atomic E-state index is 0.0439. The van der Waals surface area contributed by atoms with Gasteiger partial charge in [0.25, 0.3) is 0 Å². The molecule has 3 rings (SSSR count). The van der Waals surface area contributed by atoms with Gasteiger partial charge < -0.3 is 10.2 Å². The van der Waals surface area contributed by atoms with Crippen LogP contribution in [0.5, 0.6) is 0 Å². The summed E-state index contributed by atoms with van der Waals surface area (Å²) in [7, 11) is -3.34. The number of sulfone groups is 1. The van der Waals surface area contributed by atoms with E-state index in [0.717, 1.165) is 6.26 Å². The minimum Gasteiger partial charge on any atom is -0.351 e. The monoisotopic (exact) mass is 438 g/mol. The van der Waals surface area contributed by atoms with Crippen LogP contribution in [0.3, 0.4) is 0 Å². The molecule has 0 radical (unpaired) electrons. The van der Waals surface area contributed by atoms with Crippen LogP contribution in [0, 0.1) is 11.2 Å². The predicted molar refractivity (Wildman–Crippen MR) is 108 cm³/mol. The van der Waals surface area contributed by atoms with Gasteiger partial charge in [-0.25, -0.2) is 12.8 Å². The Labute approximate surface area is 173 Å². The fourth-order valence-electron chi connectivity index (χ4n) is 3.26. The summed E-state index contributed by atoms with van der Waals surface area (Å²) in [5, 5.41) is 2.90. The van der Waals surface area contributed by atoms with E-state index in [1.165, 1.54) is 29.2 Å². The average Bonchev–Trinajstić information content (AvgIpc) is 2.94. The molecule has 1 saturated heterocycles. The van der Waals surface area contributed by atoms with Crippen molar-refractivity contribution in [2.24, 2.45) is 5.41 Å². The third-order valence-corrected chi connectivity index (χ3v) is 6.35. The van der Waals surface area contributed by atoms with Crippen molar-refractivity contribution in [3.05, 3.63) is 58.9 Å². The van der Waals surface area contributed by atoms with Gasteiger partial charge in [-0.15, -0.1) is 0 Å². The highest BCUT2D eigenvalue weighted by atomic mass is 35.5. The van der Waals surface area contributed by atoms with Crippen LogP contribution in [0.2, 0.25) is 5.02 Å². The molecule has 29 heavy (non-hydrogen) atoms. The molecule has 0 bridgehead atoms. The maximum Gasteiger partial charge on any atom is 0.242 e. The molecule has 2 aromatic carbocycles. The summed E-state index contributed by atoms with van der Waals surface area (Å²) in [6, 6.07) is 9.93. The SMILES string of the molecule is C[C@@]1(C(=O)NCc2cc(F)cc(Cl)c2)CCN(c2ccc(S(C)(=O)=O)cc2)C1=O. The highest BCUT2D eigenvalue weighted by Gasteiger charge is 2.49.